The number of carbonyl (C=O) groups is 8. The first-order chi connectivity index (χ1) is 63.0. The van der Waals surface area contributed by atoms with Crippen molar-refractivity contribution in [1.29, 1.82) is 0 Å². The smallest absolute Gasteiger partial charge is 0.306 e. The summed E-state index contributed by atoms with van der Waals surface area (Å²) < 4.78 is 93.7. The number of methoxy groups -OCH3 is 8. The molecular weight excluding hydrogens is 1710 g/mol. The van der Waals surface area contributed by atoms with Crippen LogP contribution in [0, 0.1) is 0 Å². The number of hydrogen-bond acceptors (Lipinski definition) is 35. The van der Waals surface area contributed by atoms with Crippen LogP contribution in [0.5, 0.6) is 92.0 Å². The summed E-state index contributed by atoms with van der Waals surface area (Å²) in [5, 5.41) is 86.7. The second-order valence-corrected chi connectivity index (χ2v) is 29.7. The minimum Gasteiger partial charge on any atom is -0.504 e. The Bertz CT molecular complexity index is 4680. The third-order valence-corrected chi connectivity index (χ3v) is 20.2. The minimum absolute atomic E-state index is 0.0132. The van der Waals surface area contributed by atoms with Crippen LogP contribution in [0.25, 0.3) is 0 Å². The maximum absolute atomic E-state index is 12.4. The topological polar surface area (TPSA) is 485 Å². The third kappa shape index (κ3) is 36.7. The summed E-state index contributed by atoms with van der Waals surface area (Å²) in [6, 6.07) is 39.1. The van der Waals surface area contributed by atoms with Gasteiger partial charge in [0.15, 0.2) is 104 Å². The molecule has 35 nitrogen and oxygen atoms in total. The van der Waals surface area contributed by atoms with Crippen LogP contribution in [-0.2, 0) is 137 Å². The number of aliphatic hydroxyl groups excluding tert-OH is 1. The lowest BCUT2D eigenvalue weighted by molar-refractivity contribution is -0.156. The normalized spacial score (nSPS) is 13.8. The largest absolute Gasteiger partial charge is 0.504 e. The number of carbonyl (C=O) groups excluding carboxylic acids is 8. The quantitative estimate of drug-likeness (QED) is 0.00971. The van der Waals surface area contributed by atoms with Gasteiger partial charge in [0.1, 0.15) is 31.5 Å². The highest BCUT2D eigenvalue weighted by Gasteiger charge is 2.51. The first-order valence-corrected chi connectivity index (χ1v) is 42.2. The maximum Gasteiger partial charge on any atom is 0.306 e. The molecule has 35 heteroatoms. The van der Waals surface area contributed by atoms with Crippen LogP contribution < -0.4 is 37.9 Å². The van der Waals surface area contributed by atoms with Gasteiger partial charge in [-0.2, -0.15) is 0 Å². The van der Waals surface area contributed by atoms with Crippen LogP contribution in [0.4, 0.5) is 0 Å². The Morgan fingerprint density at radius 3 is 0.634 bits per heavy atom. The molecule has 131 heavy (non-hydrogen) atoms. The van der Waals surface area contributed by atoms with E-state index in [1.54, 1.807) is 97.1 Å². The van der Waals surface area contributed by atoms with Gasteiger partial charge in [0.25, 0.3) is 0 Å². The van der Waals surface area contributed by atoms with Crippen molar-refractivity contribution >= 4 is 47.8 Å². The number of phenols is 8. The van der Waals surface area contributed by atoms with Gasteiger partial charge in [-0.3, -0.25) is 38.4 Å². The molecule has 710 valence electrons. The summed E-state index contributed by atoms with van der Waals surface area (Å²) in [5.41, 5.74) is 6.69. The second kappa shape index (κ2) is 55.8. The maximum atomic E-state index is 12.4. The lowest BCUT2D eigenvalue weighted by Gasteiger charge is -2.17. The average Bonchev–Trinajstić information content (AvgIpc) is 1.64. The molecule has 2 aliphatic rings. The second-order valence-electron chi connectivity index (χ2n) is 29.7. The highest BCUT2D eigenvalue weighted by molar-refractivity contribution is 5.73. The number of rotatable bonds is 47. The molecule has 0 radical (unpaired) electrons. The van der Waals surface area contributed by atoms with Gasteiger partial charge in [-0.25, -0.2) is 0 Å². The molecule has 4 atom stereocenters. The van der Waals surface area contributed by atoms with E-state index in [0.717, 1.165) is 44.5 Å². The fourth-order valence-corrected chi connectivity index (χ4v) is 12.9. The Balaban J connectivity index is 0.000000239. The number of aromatic hydroxyl groups is 8. The highest BCUT2D eigenvalue weighted by Crippen LogP contribution is 2.36. The van der Waals surface area contributed by atoms with E-state index in [1.165, 1.54) is 105 Å². The van der Waals surface area contributed by atoms with Crippen molar-refractivity contribution in [2.45, 2.75) is 153 Å². The number of esters is 8. The SMILES string of the molecule is COc1cc(CCC(=O)OCC(O)COC(=O)CCc2ccc(O)c(OC)c2)ccc1O.COc1cc(CCC(=O)OCCCCOC(=O)CCc2ccc(O)c(OC)c2)ccc1O.COc1cc(CCC(=O)OCCCOC(=O)CCc2ccc(O)c(OC)c2)ccc1O.COc1cc(CCC(=O)O[C@H]2CO[C@H]3[C@@H]2OC[C@H]3OC(=O)CCc2ccc(O)c(OC)c2)ccc1O. The van der Waals surface area contributed by atoms with E-state index in [2.05, 4.69) is 0 Å². The molecule has 2 aliphatic heterocycles. The zero-order valence-electron chi connectivity index (χ0n) is 74.5. The molecule has 0 aliphatic carbocycles. The van der Waals surface area contributed by atoms with Gasteiger partial charge in [-0.1, -0.05) is 48.5 Å². The van der Waals surface area contributed by atoms with Gasteiger partial charge in [-0.05, 0) is 206 Å². The Hall–Kier alpha value is -13.8. The molecule has 10 rings (SSSR count). The zero-order valence-corrected chi connectivity index (χ0v) is 74.5. The van der Waals surface area contributed by atoms with E-state index >= 15 is 0 Å². The molecule has 0 saturated carbocycles. The van der Waals surface area contributed by atoms with Crippen molar-refractivity contribution in [2.75, 3.05) is 110 Å². The van der Waals surface area contributed by atoms with E-state index in [-0.39, 0.29) is 174 Å². The third-order valence-electron chi connectivity index (χ3n) is 20.2. The predicted octanol–water partition coefficient (Wildman–Crippen LogP) is 11.1. The van der Waals surface area contributed by atoms with Crippen LogP contribution in [0.1, 0.15) is 115 Å². The molecule has 0 amide bonds. The Labute approximate surface area is 758 Å². The molecule has 8 aromatic rings. The van der Waals surface area contributed by atoms with Gasteiger partial charge < -0.3 is 131 Å². The highest BCUT2D eigenvalue weighted by atomic mass is 16.7. The number of ether oxygens (including phenoxy) is 18. The Kier molecular flexibility index (Phi) is 44.4. The summed E-state index contributed by atoms with van der Waals surface area (Å²) >= 11 is 0. The van der Waals surface area contributed by atoms with Crippen molar-refractivity contribution in [1.82, 2.24) is 0 Å². The lowest BCUT2D eigenvalue weighted by Crippen LogP contribution is -2.36. The van der Waals surface area contributed by atoms with Crippen LogP contribution in [0.15, 0.2) is 146 Å². The number of benzene rings is 8. The summed E-state index contributed by atoms with van der Waals surface area (Å²) in [6.07, 6.45) is 3.12. The van der Waals surface area contributed by atoms with Crippen LogP contribution in [0.2, 0.25) is 0 Å². The molecule has 0 spiro atoms. The van der Waals surface area contributed by atoms with Gasteiger partial charge in [0.05, 0.1) is 96.5 Å². The molecule has 0 unspecified atom stereocenters. The first kappa shape index (κ1) is 104. The number of phenolic OH excluding ortho intramolecular Hbond substituents is 8. The van der Waals surface area contributed by atoms with E-state index < -0.39 is 54.4 Å². The number of fused-ring (bicyclic) bond motifs is 1. The monoisotopic (exact) mass is 1830 g/mol. The van der Waals surface area contributed by atoms with E-state index in [1.807, 2.05) is 0 Å². The Morgan fingerprint density at radius 1 is 0.267 bits per heavy atom. The summed E-state index contributed by atoms with van der Waals surface area (Å²) in [7, 11) is 11.7. The molecule has 0 aromatic heterocycles. The summed E-state index contributed by atoms with van der Waals surface area (Å²) in [5.74, 6) is -0.0503. The predicted molar refractivity (Wildman–Crippen MR) is 469 cm³/mol. The first-order valence-electron chi connectivity index (χ1n) is 42.2. The van der Waals surface area contributed by atoms with Gasteiger partial charge in [-0.15, -0.1) is 0 Å². The average molecular weight is 1830 g/mol. The summed E-state index contributed by atoms with van der Waals surface area (Å²) in [6.45, 7) is 0.608. The zero-order chi connectivity index (χ0) is 95.2. The van der Waals surface area contributed by atoms with Crippen LogP contribution >= 0.6 is 0 Å². The van der Waals surface area contributed by atoms with Gasteiger partial charge in [0.2, 0.25) is 0 Å². The van der Waals surface area contributed by atoms with E-state index in [0.29, 0.717) is 117 Å². The lowest BCUT2D eigenvalue weighted by atomic mass is 10.1. The van der Waals surface area contributed by atoms with Gasteiger partial charge >= 0.3 is 47.8 Å². The van der Waals surface area contributed by atoms with Crippen molar-refractivity contribution in [3.8, 4) is 92.0 Å². The van der Waals surface area contributed by atoms with E-state index in [4.69, 9.17) is 85.3 Å². The molecule has 2 heterocycles. The van der Waals surface area contributed by atoms with Crippen molar-refractivity contribution in [3.63, 3.8) is 0 Å². The minimum atomic E-state index is -1.13. The fourth-order valence-electron chi connectivity index (χ4n) is 12.9. The van der Waals surface area contributed by atoms with Gasteiger partial charge in [0, 0.05) is 57.8 Å². The number of aryl methyl sites for hydroxylation is 8. The van der Waals surface area contributed by atoms with Crippen molar-refractivity contribution in [3.05, 3.63) is 190 Å². The number of hydrogen-bond donors (Lipinski definition) is 9. The molecule has 8 aromatic carbocycles. The van der Waals surface area contributed by atoms with E-state index in [9.17, 15) is 84.3 Å². The molecule has 0 bridgehead atoms. The Morgan fingerprint density at radius 2 is 0.443 bits per heavy atom. The van der Waals surface area contributed by atoms with Crippen LogP contribution in [-0.4, -0.2) is 234 Å². The molecule has 2 saturated heterocycles. The fraction of sp³-hybridized carbons (Fsp3) is 0.417. The summed E-state index contributed by atoms with van der Waals surface area (Å²) in [4.78, 5) is 95.9. The molecular formula is C96H116O35. The van der Waals surface area contributed by atoms with Crippen molar-refractivity contribution < 1.29 is 170 Å². The number of aliphatic hydroxyl groups is 1. The number of unbranched alkanes of at least 4 members (excludes halogenated alkanes) is 1. The standard InChI is InChI=1S/C26H30O10.C24H30O8.C23H28O9.C23H28O8/c1-31-19-11-15(3-7-17(19)27)5-9-23(29)35-21-13-33-26-22(14-34-25(21)26)36-24(30)10-6-16-4-8-18(28)20(12-16)32-2;1-29-21-15-17(5-9-19(21)25)7-11-23(27)31-13-3-4-14-32-24(28)12-8-18-6-10-20(26)22(16-18)30-2;1-29-20-11-15(3-7-18(20)25)5-9-22(27)31-13-17(24)14-32-23(28)10-6-16-4-8-19(26)21(12-16)30-2;1-28-20-14-16(4-8-18(20)24)6-10-22(26)30-12-3-13-31-23(27)11-7-17-5-9-19(25)21(15-17)29-2/h3-4,7-8,11-12,21-22,25-28H,5-6,9-10,13-14H2,1-2H3;5-6,9-10,15-16,25-26H,3-4,7-8,11-14H2,1-2H3;3-4,7-8,11-12,17,24-26H,5-6,9-10,13-14H2,1-2H3;4-5,8-9,14-15,24-25H,3,6-7,10-13H2,1-2H3/t21-,22+,25-,26-;;;/m1.../s1. The molecule has 9 N–H and O–H groups in total. The molecule has 2 fully saturated rings. The van der Waals surface area contributed by atoms with Crippen molar-refractivity contribution in [2.24, 2.45) is 0 Å². The van der Waals surface area contributed by atoms with Crippen LogP contribution in [0.3, 0.4) is 0 Å².